The van der Waals surface area contributed by atoms with Crippen molar-refractivity contribution < 1.29 is 4.39 Å². The third-order valence-electron chi connectivity index (χ3n) is 9.23. The summed E-state index contributed by atoms with van der Waals surface area (Å²) >= 11 is 0. The fourth-order valence-electron chi connectivity index (χ4n) is 7.25. The maximum absolute atomic E-state index is 13.3. The quantitative estimate of drug-likeness (QED) is 0.373. The van der Waals surface area contributed by atoms with Gasteiger partial charge < -0.3 is 0 Å². The summed E-state index contributed by atoms with van der Waals surface area (Å²) in [6, 6.07) is 7.36. The number of halogens is 1. The van der Waals surface area contributed by atoms with Crippen LogP contribution in [0.3, 0.4) is 0 Å². The highest BCUT2D eigenvalue weighted by atomic mass is 19.1. The van der Waals surface area contributed by atoms with Crippen molar-refractivity contribution in [2.24, 2.45) is 29.6 Å². The topological polar surface area (TPSA) is 0 Å². The molecule has 0 bridgehead atoms. The first-order valence-electron chi connectivity index (χ1n) is 13.5. The monoisotopic (exact) mass is 412 g/mol. The van der Waals surface area contributed by atoms with Crippen molar-refractivity contribution in [1.82, 2.24) is 0 Å². The van der Waals surface area contributed by atoms with Gasteiger partial charge in [0, 0.05) is 0 Å². The van der Waals surface area contributed by atoms with Gasteiger partial charge in [-0.05, 0) is 85.3 Å². The Labute approximate surface area is 185 Å². The second kappa shape index (κ2) is 11.1. The van der Waals surface area contributed by atoms with Gasteiger partial charge in [-0.25, -0.2) is 4.39 Å². The Hall–Kier alpha value is -0.850. The Bertz CT molecular complexity index is 612. The first kappa shape index (κ1) is 22.3. The van der Waals surface area contributed by atoms with E-state index in [0.29, 0.717) is 5.92 Å². The van der Waals surface area contributed by atoms with Gasteiger partial charge in [0.05, 0.1) is 0 Å². The third kappa shape index (κ3) is 6.10. The van der Waals surface area contributed by atoms with Gasteiger partial charge in [-0.2, -0.15) is 0 Å². The number of unbranched alkanes of at least 4 members (excludes halogenated alkanes) is 2. The Morgan fingerprint density at radius 2 is 1.27 bits per heavy atom. The first-order valence-corrected chi connectivity index (χ1v) is 13.5. The molecule has 0 nitrogen and oxygen atoms in total. The molecule has 1 aromatic rings. The molecule has 0 N–H and O–H groups in total. The zero-order valence-electron chi connectivity index (χ0n) is 19.5. The van der Waals surface area contributed by atoms with Gasteiger partial charge in [0.25, 0.3) is 0 Å². The molecule has 4 atom stereocenters. The Kier molecular flexibility index (Phi) is 8.30. The standard InChI is InChI=1S/C29H45F/c1-2-3-4-5-22-6-8-23(9-7-22)10-11-24-12-13-28-21-27(15-14-26(28)20-24)25-16-18-29(30)19-17-25/h16-19,22-24,26-28H,2-15,20-21H2,1H3. The van der Waals surface area contributed by atoms with Crippen LogP contribution in [0.15, 0.2) is 24.3 Å². The van der Waals surface area contributed by atoms with Crippen molar-refractivity contribution in [3.05, 3.63) is 35.6 Å². The molecule has 0 heterocycles. The normalized spacial score (nSPS) is 34.5. The molecule has 3 saturated carbocycles. The molecule has 0 aromatic heterocycles. The lowest BCUT2D eigenvalue weighted by Gasteiger charge is -2.42. The average Bonchev–Trinajstić information content (AvgIpc) is 2.79. The molecule has 0 amide bonds. The number of fused-ring (bicyclic) bond motifs is 1. The van der Waals surface area contributed by atoms with Gasteiger partial charge in [-0.3, -0.25) is 0 Å². The largest absolute Gasteiger partial charge is 0.207 e. The highest BCUT2D eigenvalue weighted by molar-refractivity contribution is 5.21. The lowest BCUT2D eigenvalue weighted by Crippen LogP contribution is -2.30. The van der Waals surface area contributed by atoms with Gasteiger partial charge in [0.2, 0.25) is 0 Å². The third-order valence-corrected chi connectivity index (χ3v) is 9.23. The number of hydrogen-bond acceptors (Lipinski definition) is 0. The summed E-state index contributed by atoms with van der Waals surface area (Å²) in [5.74, 6) is 5.60. The molecular formula is C29H45F. The smallest absolute Gasteiger partial charge is 0.123 e. The van der Waals surface area contributed by atoms with Crippen LogP contribution >= 0.6 is 0 Å². The van der Waals surface area contributed by atoms with Crippen LogP contribution in [-0.2, 0) is 0 Å². The molecule has 168 valence electrons. The highest BCUT2D eigenvalue weighted by Crippen LogP contribution is 2.48. The van der Waals surface area contributed by atoms with Gasteiger partial charge in [0.15, 0.2) is 0 Å². The SMILES string of the molecule is CCCCCC1CCC(CCC2CCC3CC(c4ccc(F)cc4)CCC3C2)CC1. The molecule has 0 radical (unpaired) electrons. The van der Waals surface area contributed by atoms with Crippen molar-refractivity contribution in [2.75, 3.05) is 0 Å². The summed E-state index contributed by atoms with van der Waals surface area (Å²) < 4.78 is 13.3. The van der Waals surface area contributed by atoms with Crippen LogP contribution in [0, 0.1) is 35.4 Å². The average molecular weight is 413 g/mol. The molecule has 4 unspecified atom stereocenters. The van der Waals surface area contributed by atoms with Crippen molar-refractivity contribution >= 4 is 0 Å². The maximum atomic E-state index is 13.3. The lowest BCUT2D eigenvalue weighted by molar-refractivity contribution is 0.108. The zero-order chi connectivity index (χ0) is 20.8. The van der Waals surface area contributed by atoms with Crippen LogP contribution < -0.4 is 0 Å². The van der Waals surface area contributed by atoms with Crippen molar-refractivity contribution in [3.63, 3.8) is 0 Å². The van der Waals surface area contributed by atoms with E-state index in [2.05, 4.69) is 6.92 Å². The Morgan fingerprint density at radius 3 is 2.00 bits per heavy atom. The van der Waals surface area contributed by atoms with E-state index in [4.69, 9.17) is 0 Å². The van der Waals surface area contributed by atoms with Gasteiger partial charge >= 0.3 is 0 Å². The van der Waals surface area contributed by atoms with E-state index in [1.165, 1.54) is 108 Å². The second-order valence-corrected chi connectivity index (χ2v) is 11.2. The Morgan fingerprint density at radius 1 is 0.667 bits per heavy atom. The Balaban J connectivity index is 1.15. The molecule has 1 heteroatoms. The van der Waals surface area contributed by atoms with Gasteiger partial charge in [0.1, 0.15) is 5.82 Å². The summed E-state index contributed by atoms with van der Waals surface area (Å²) in [6.45, 7) is 2.32. The molecule has 4 rings (SSSR count). The van der Waals surface area contributed by atoms with E-state index in [1.54, 1.807) is 12.1 Å². The van der Waals surface area contributed by atoms with E-state index in [-0.39, 0.29) is 5.82 Å². The molecule has 0 spiro atoms. The molecule has 1 aromatic carbocycles. The highest BCUT2D eigenvalue weighted by Gasteiger charge is 2.36. The minimum absolute atomic E-state index is 0.0991. The predicted molar refractivity (Wildman–Crippen MR) is 126 cm³/mol. The van der Waals surface area contributed by atoms with E-state index in [1.807, 2.05) is 12.1 Å². The summed E-state index contributed by atoms with van der Waals surface area (Å²) in [5.41, 5.74) is 1.38. The predicted octanol–water partition coefficient (Wildman–Crippen LogP) is 9.29. The van der Waals surface area contributed by atoms with Crippen LogP contribution in [0.1, 0.15) is 121 Å². The van der Waals surface area contributed by atoms with Gasteiger partial charge in [-0.15, -0.1) is 0 Å². The van der Waals surface area contributed by atoms with Crippen molar-refractivity contribution in [2.45, 2.75) is 116 Å². The molecule has 30 heavy (non-hydrogen) atoms. The zero-order valence-corrected chi connectivity index (χ0v) is 19.5. The van der Waals surface area contributed by atoms with Crippen LogP contribution in [0.4, 0.5) is 4.39 Å². The van der Waals surface area contributed by atoms with Crippen LogP contribution in [0.5, 0.6) is 0 Å². The minimum Gasteiger partial charge on any atom is -0.207 e. The van der Waals surface area contributed by atoms with Gasteiger partial charge in [-0.1, -0.05) is 89.7 Å². The molecule has 3 fully saturated rings. The van der Waals surface area contributed by atoms with E-state index < -0.39 is 0 Å². The second-order valence-electron chi connectivity index (χ2n) is 11.2. The summed E-state index contributed by atoms with van der Waals surface area (Å²) in [5, 5.41) is 0. The molecular weight excluding hydrogens is 367 g/mol. The minimum atomic E-state index is -0.0991. The number of benzene rings is 1. The van der Waals surface area contributed by atoms with Crippen LogP contribution in [0.25, 0.3) is 0 Å². The number of rotatable bonds is 8. The molecule has 0 saturated heterocycles. The van der Waals surface area contributed by atoms with Crippen LogP contribution in [-0.4, -0.2) is 0 Å². The van der Waals surface area contributed by atoms with E-state index in [0.717, 1.165) is 29.6 Å². The lowest BCUT2D eigenvalue weighted by atomic mass is 9.63. The number of hydrogen-bond donors (Lipinski definition) is 0. The summed E-state index contributed by atoms with van der Waals surface area (Å²) in [4.78, 5) is 0. The van der Waals surface area contributed by atoms with E-state index >= 15 is 0 Å². The van der Waals surface area contributed by atoms with Crippen molar-refractivity contribution in [3.8, 4) is 0 Å². The fourth-order valence-corrected chi connectivity index (χ4v) is 7.25. The van der Waals surface area contributed by atoms with Crippen molar-refractivity contribution in [1.29, 1.82) is 0 Å². The fraction of sp³-hybridized carbons (Fsp3) is 0.793. The molecule has 0 aliphatic heterocycles. The van der Waals surface area contributed by atoms with E-state index in [9.17, 15) is 4.39 Å². The summed E-state index contributed by atoms with van der Waals surface area (Å²) in [6.07, 6.45) is 23.4. The first-order chi connectivity index (χ1) is 14.7. The van der Waals surface area contributed by atoms with Crippen LogP contribution in [0.2, 0.25) is 0 Å². The molecule has 3 aliphatic rings. The maximum Gasteiger partial charge on any atom is 0.123 e. The molecule has 3 aliphatic carbocycles. The summed E-state index contributed by atoms with van der Waals surface area (Å²) in [7, 11) is 0.